The van der Waals surface area contributed by atoms with Gasteiger partial charge in [-0.1, -0.05) is 5.16 Å². The first kappa shape index (κ1) is 20.3. The summed E-state index contributed by atoms with van der Waals surface area (Å²) in [5, 5.41) is 11.5. The second-order valence-electron chi connectivity index (χ2n) is 6.96. The molecule has 1 amide bonds. The number of rotatable bonds is 5. The third-order valence-corrected chi connectivity index (χ3v) is 4.94. The molecule has 9 heteroatoms. The normalized spacial score (nSPS) is 12.0. The number of anilines is 1. The number of aromatic nitrogens is 3. The van der Waals surface area contributed by atoms with E-state index in [0.717, 1.165) is 4.68 Å². The van der Waals surface area contributed by atoms with E-state index in [1.807, 2.05) is 0 Å². The summed E-state index contributed by atoms with van der Waals surface area (Å²) < 4.78 is 24.6. The molecule has 4 rings (SSSR count). The molecule has 0 unspecified atom stereocenters. The maximum atomic E-state index is 13.1. The van der Waals surface area contributed by atoms with Crippen molar-refractivity contribution in [3.8, 4) is 17.0 Å². The third-order valence-electron chi connectivity index (χ3n) is 4.94. The average Bonchev–Trinajstić information content (AvgIpc) is 3.17. The molecular formula is C22H19FN4O4. The molecule has 4 aromatic rings. The lowest BCUT2D eigenvalue weighted by Crippen LogP contribution is -2.34. The quantitative estimate of drug-likeness (QED) is 0.526. The van der Waals surface area contributed by atoms with Crippen molar-refractivity contribution in [3.05, 3.63) is 70.5 Å². The van der Waals surface area contributed by atoms with Crippen LogP contribution >= 0.6 is 0 Å². The Morgan fingerprint density at radius 3 is 2.48 bits per heavy atom. The number of nitrogens with zero attached hydrogens (tertiary/aromatic N) is 3. The van der Waals surface area contributed by atoms with Crippen LogP contribution in [0.1, 0.15) is 18.7 Å². The van der Waals surface area contributed by atoms with Crippen LogP contribution in [0.3, 0.4) is 0 Å². The van der Waals surface area contributed by atoms with Crippen LogP contribution in [0.25, 0.3) is 22.2 Å². The van der Waals surface area contributed by atoms with Gasteiger partial charge in [0.2, 0.25) is 5.91 Å². The SMILES string of the molecule is COc1ccc(-c2nn([C@@H](C)C(=O)Nc3ccc(F)cc3)c(=O)c3noc(C)c23)cc1. The highest BCUT2D eigenvalue weighted by molar-refractivity contribution is 5.95. The van der Waals surface area contributed by atoms with Crippen LogP contribution in [0.2, 0.25) is 0 Å². The van der Waals surface area contributed by atoms with E-state index in [2.05, 4.69) is 15.6 Å². The molecule has 8 nitrogen and oxygen atoms in total. The number of fused-ring (bicyclic) bond motifs is 1. The molecular weight excluding hydrogens is 403 g/mol. The summed E-state index contributed by atoms with van der Waals surface area (Å²) in [6, 6.07) is 11.5. The Morgan fingerprint density at radius 1 is 1.16 bits per heavy atom. The largest absolute Gasteiger partial charge is 0.497 e. The minimum Gasteiger partial charge on any atom is -0.497 e. The van der Waals surface area contributed by atoms with Gasteiger partial charge in [0.05, 0.1) is 12.5 Å². The summed E-state index contributed by atoms with van der Waals surface area (Å²) in [6.45, 7) is 3.24. The first-order chi connectivity index (χ1) is 14.9. The van der Waals surface area contributed by atoms with Gasteiger partial charge in [-0.15, -0.1) is 0 Å². The van der Waals surface area contributed by atoms with Crippen LogP contribution < -0.4 is 15.6 Å². The van der Waals surface area contributed by atoms with E-state index in [4.69, 9.17) is 9.26 Å². The summed E-state index contributed by atoms with van der Waals surface area (Å²) in [5.41, 5.74) is 1.10. The van der Waals surface area contributed by atoms with Crippen LogP contribution in [0.4, 0.5) is 10.1 Å². The fraction of sp³-hybridized carbons (Fsp3) is 0.182. The zero-order valence-corrected chi connectivity index (χ0v) is 17.0. The number of hydrogen-bond donors (Lipinski definition) is 1. The van der Waals surface area contributed by atoms with Crippen LogP contribution in [-0.4, -0.2) is 28.0 Å². The fourth-order valence-electron chi connectivity index (χ4n) is 3.21. The number of carbonyl (C=O) groups is 1. The molecule has 2 heterocycles. The van der Waals surface area contributed by atoms with Gasteiger partial charge in [-0.2, -0.15) is 5.10 Å². The Balaban J connectivity index is 1.78. The summed E-state index contributed by atoms with van der Waals surface area (Å²) in [6.07, 6.45) is 0. The second kappa shape index (κ2) is 8.02. The van der Waals surface area contributed by atoms with Crippen molar-refractivity contribution in [2.75, 3.05) is 12.4 Å². The minimum absolute atomic E-state index is 0.0831. The minimum atomic E-state index is -0.962. The molecule has 0 saturated carbocycles. The van der Waals surface area contributed by atoms with E-state index in [0.29, 0.717) is 33.8 Å². The summed E-state index contributed by atoms with van der Waals surface area (Å²) >= 11 is 0. The van der Waals surface area contributed by atoms with Crippen molar-refractivity contribution in [1.82, 2.24) is 14.9 Å². The molecule has 0 fully saturated rings. The van der Waals surface area contributed by atoms with E-state index >= 15 is 0 Å². The smallest absolute Gasteiger partial charge is 0.297 e. The van der Waals surface area contributed by atoms with Gasteiger partial charge in [-0.3, -0.25) is 9.59 Å². The van der Waals surface area contributed by atoms with Crippen molar-refractivity contribution < 1.29 is 18.4 Å². The van der Waals surface area contributed by atoms with Gasteiger partial charge in [-0.05, 0) is 62.4 Å². The van der Waals surface area contributed by atoms with Crippen molar-refractivity contribution in [1.29, 1.82) is 0 Å². The van der Waals surface area contributed by atoms with E-state index in [9.17, 15) is 14.0 Å². The van der Waals surface area contributed by atoms with Gasteiger partial charge in [0, 0.05) is 11.3 Å². The predicted molar refractivity (Wildman–Crippen MR) is 113 cm³/mol. The average molecular weight is 422 g/mol. The van der Waals surface area contributed by atoms with Crippen LogP contribution in [0.15, 0.2) is 57.8 Å². The molecule has 0 radical (unpaired) electrons. The number of halogens is 1. The molecule has 1 atom stereocenters. The number of benzene rings is 2. The zero-order valence-electron chi connectivity index (χ0n) is 17.0. The van der Waals surface area contributed by atoms with E-state index in [-0.39, 0.29) is 5.52 Å². The lowest BCUT2D eigenvalue weighted by atomic mass is 10.1. The molecule has 0 bridgehead atoms. The van der Waals surface area contributed by atoms with Crippen molar-refractivity contribution in [3.63, 3.8) is 0 Å². The van der Waals surface area contributed by atoms with E-state index < -0.39 is 23.3 Å². The van der Waals surface area contributed by atoms with Gasteiger partial charge in [0.25, 0.3) is 5.56 Å². The number of nitrogens with one attached hydrogen (secondary N) is 1. The van der Waals surface area contributed by atoms with Crippen LogP contribution in [-0.2, 0) is 4.79 Å². The molecule has 2 aromatic heterocycles. The number of aryl methyl sites for hydroxylation is 1. The van der Waals surface area contributed by atoms with Gasteiger partial charge < -0.3 is 14.6 Å². The number of amides is 1. The van der Waals surface area contributed by atoms with Crippen LogP contribution in [0, 0.1) is 12.7 Å². The fourth-order valence-corrected chi connectivity index (χ4v) is 3.21. The van der Waals surface area contributed by atoms with Gasteiger partial charge in [0.1, 0.15) is 29.1 Å². The Hall–Kier alpha value is -4.01. The summed E-state index contributed by atoms with van der Waals surface area (Å²) in [5.74, 6) is 0.213. The van der Waals surface area contributed by atoms with E-state index in [1.165, 1.54) is 24.3 Å². The molecule has 2 aromatic carbocycles. The molecule has 0 saturated heterocycles. The molecule has 158 valence electrons. The molecule has 1 N–H and O–H groups in total. The lowest BCUT2D eigenvalue weighted by molar-refractivity contribution is -0.119. The number of hydrogen-bond acceptors (Lipinski definition) is 6. The number of carbonyl (C=O) groups excluding carboxylic acids is 1. The maximum absolute atomic E-state index is 13.1. The topological polar surface area (TPSA) is 99.2 Å². The van der Waals surface area contributed by atoms with Gasteiger partial charge >= 0.3 is 0 Å². The van der Waals surface area contributed by atoms with E-state index in [1.54, 1.807) is 45.2 Å². The molecule has 0 aliphatic rings. The Bertz CT molecular complexity index is 1310. The standard InChI is InChI=1S/C22H19FN4O4/c1-12(21(28)24-16-8-6-15(23)7-9-16)27-22(29)20-18(13(2)31-26-20)19(25-27)14-4-10-17(30-3)11-5-14/h4-12H,1-3H3,(H,24,28)/t12-/m0/s1. The highest BCUT2D eigenvalue weighted by Gasteiger charge is 2.24. The molecule has 0 aliphatic carbocycles. The zero-order chi connectivity index (χ0) is 22.1. The van der Waals surface area contributed by atoms with Crippen molar-refractivity contribution in [2.45, 2.75) is 19.9 Å². The Morgan fingerprint density at radius 2 is 1.84 bits per heavy atom. The second-order valence-corrected chi connectivity index (χ2v) is 6.96. The molecule has 31 heavy (non-hydrogen) atoms. The Kier molecular flexibility index (Phi) is 5.24. The highest BCUT2D eigenvalue weighted by Crippen LogP contribution is 2.29. The first-order valence-corrected chi connectivity index (χ1v) is 9.48. The monoisotopic (exact) mass is 422 g/mol. The maximum Gasteiger partial charge on any atom is 0.297 e. The number of ether oxygens (including phenoxy) is 1. The highest BCUT2D eigenvalue weighted by atomic mass is 19.1. The van der Waals surface area contributed by atoms with Crippen LogP contribution in [0.5, 0.6) is 5.75 Å². The first-order valence-electron chi connectivity index (χ1n) is 9.48. The van der Waals surface area contributed by atoms with Crippen molar-refractivity contribution >= 4 is 22.5 Å². The Labute approximate surface area is 176 Å². The molecule has 0 spiro atoms. The third kappa shape index (κ3) is 3.77. The predicted octanol–water partition coefficient (Wildman–Crippen LogP) is 3.71. The molecule has 0 aliphatic heterocycles. The van der Waals surface area contributed by atoms with Gasteiger partial charge in [-0.25, -0.2) is 9.07 Å². The summed E-state index contributed by atoms with van der Waals surface area (Å²) in [7, 11) is 1.57. The summed E-state index contributed by atoms with van der Waals surface area (Å²) in [4.78, 5) is 25.8. The van der Waals surface area contributed by atoms with Crippen molar-refractivity contribution in [2.24, 2.45) is 0 Å². The lowest BCUT2D eigenvalue weighted by Gasteiger charge is -2.16. The number of methoxy groups -OCH3 is 1. The van der Waals surface area contributed by atoms with Gasteiger partial charge in [0.15, 0.2) is 5.52 Å².